The van der Waals surface area contributed by atoms with E-state index in [1.807, 2.05) is 17.9 Å². The second-order valence-electron chi connectivity index (χ2n) is 8.44. The van der Waals surface area contributed by atoms with Crippen LogP contribution in [0.15, 0.2) is 52.5 Å². The molecule has 0 saturated carbocycles. The fraction of sp³-hybridized carbons (Fsp3) is 0.440. The van der Waals surface area contributed by atoms with Crippen LogP contribution in [0.2, 0.25) is 0 Å². The number of carbonyl (C=O) groups excluding carboxylic acids is 1. The highest BCUT2D eigenvalue weighted by atomic mass is 16.2. The van der Waals surface area contributed by atoms with Gasteiger partial charge in [0.25, 0.3) is 0 Å². The van der Waals surface area contributed by atoms with E-state index < -0.39 is 0 Å². The number of aromatic nitrogens is 4. The van der Waals surface area contributed by atoms with Crippen molar-refractivity contribution in [3.05, 3.63) is 53.8 Å². The summed E-state index contributed by atoms with van der Waals surface area (Å²) in [7, 11) is 1.81. The third kappa shape index (κ3) is 6.62. The van der Waals surface area contributed by atoms with Crippen LogP contribution in [0.4, 0.5) is 0 Å². The molecule has 186 valence electrons. The lowest BCUT2D eigenvalue weighted by atomic mass is 10.1. The Bertz CT molecular complexity index is 1120. The molecule has 3 rings (SSSR count). The number of rotatable bonds is 12. The van der Waals surface area contributed by atoms with Crippen LogP contribution < -0.4 is 5.73 Å². The van der Waals surface area contributed by atoms with Crippen LogP contribution in [0.5, 0.6) is 0 Å². The minimum absolute atomic E-state index is 0.109. The smallest absolute Gasteiger partial charge is 0.230 e. The highest BCUT2D eigenvalue weighted by molar-refractivity contribution is 6.09. The summed E-state index contributed by atoms with van der Waals surface area (Å²) < 4.78 is 3.56. The van der Waals surface area contributed by atoms with Gasteiger partial charge in [0.15, 0.2) is 0 Å². The first-order valence-electron chi connectivity index (χ1n) is 12.0. The number of nitrogens with two attached hydrogens (primary N) is 1. The Kier molecular flexibility index (Phi) is 9.28. The van der Waals surface area contributed by atoms with Crippen molar-refractivity contribution in [1.82, 2.24) is 24.5 Å². The molecule has 3 N–H and O–H groups in total. The summed E-state index contributed by atoms with van der Waals surface area (Å²) in [4.78, 5) is 22.3. The zero-order valence-electron chi connectivity index (χ0n) is 20.7. The number of likely N-dealkylation sites (tertiary alicyclic amines) is 1. The first kappa shape index (κ1) is 25.8. The lowest BCUT2D eigenvalue weighted by Gasteiger charge is -2.12. The summed E-state index contributed by atoms with van der Waals surface area (Å²) >= 11 is 0. The Morgan fingerprint density at radius 2 is 2.06 bits per heavy atom. The molecule has 0 aliphatic carbocycles. The van der Waals surface area contributed by atoms with Gasteiger partial charge in [-0.2, -0.15) is 10.2 Å². The lowest BCUT2D eigenvalue weighted by Crippen LogP contribution is -2.23. The summed E-state index contributed by atoms with van der Waals surface area (Å²) in [5.41, 5.74) is 8.20. The predicted octanol–water partition coefficient (Wildman–Crippen LogP) is 2.79. The molecule has 0 spiro atoms. The van der Waals surface area contributed by atoms with Crippen LogP contribution in [-0.4, -0.2) is 75.2 Å². The Morgan fingerprint density at radius 3 is 2.74 bits per heavy atom. The van der Waals surface area contributed by atoms with Gasteiger partial charge < -0.3 is 10.6 Å². The molecule has 1 aliphatic heterocycles. The molecule has 35 heavy (non-hydrogen) atoms. The van der Waals surface area contributed by atoms with E-state index in [0.717, 1.165) is 31.4 Å². The van der Waals surface area contributed by atoms with E-state index in [9.17, 15) is 4.79 Å². The van der Waals surface area contributed by atoms with Crippen LogP contribution in [0, 0.1) is 11.3 Å². The van der Waals surface area contributed by atoms with Gasteiger partial charge in [0, 0.05) is 55.8 Å². The van der Waals surface area contributed by atoms with Crippen molar-refractivity contribution < 1.29 is 4.79 Å². The van der Waals surface area contributed by atoms with Gasteiger partial charge in [-0.15, -0.1) is 0 Å². The molecule has 0 bridgehead atoms. The number of hydrogen-bond acceptors (Lipinski definition) is 7. The van der Waals surface area contributed by atoms with Crippen LogP contribution in [0.25, 0.3) is 6.20 Å². The van der Waals surface area contributed by atoms with Crippen molar-refractivity contribution in [2.75, 3.05) is 26.7 Å². The van der Waals surface area contributed by atoms with Gasteiger partial charge in [-0.25, -0.2) is 4.68 Å². The van der Waals surface area contributed by atoms with Gasteiger partial charge in [0.2, 0.25) is 5.91 Å². The van der Waals surface area contributed by atoms with Gasteiger partial charge in [-0.05, 0) is 31.4 Å². The van der Waals surface area contributed by atoms with E-state index in [1.165, 1.54) is 6.20 Å². The van der Waals surface area contributed by atoms with Gasteiger partial charge in [-0.1, -0.05) is 13.8 Å². The topological polar surface area (TPSA) is 131 Å². The summed E-state index contributed by atoms with van der Waals surface area (Å²) in [5.74, 6) is 0.0178. The molecule has 0 aromatic carbocycles. The number of amides is 1. The maximum absolute atomic E-state index is 11.9. The van der Waals surface area contributed by atoms with E-state index in [2.05, 4.69) is 34.0 Å². The SMILES string of the molecule is CCC(CC)n1cc(C(=N)c2ccnn2C=CC(C=NCCN=CC2CCN(C)C2=O)=CN)cn1. The number of hydrogen-bond donors (Lipinski definition) is 2. The fourth-order valence-electron chi connectivity index (χ4n) is 3.88. The quantitative estimate of drug-likeness (QED) is 0.276. The Balaban J connectivity index is 1.56. The summed E-state index contributed by atoms with van der Waals surface area (Å²) in [6.45, 7) is 6.06. The Hall–Kier alpha value is -3.82. The first-order chi connectivity index (χ1) is 17.0. The summed E-state index contributed by atoms with van der Waals surface area (Å²) in [5, 5.41) is 17.4. The highest BCUT2D eigenvalue weighted by Gasteiger charge is 2.27. The largest absolute Gasteiger partial charge is 0.404 e. The number of allylic oxidation sites excluding steroid dienone is 2. The predicted molar refractivity (Wildman–Crippen MR) is 140 cm³/mol. The molecular formula is C25H35N9O. The number of nitrogens with one attached hydrogen (secondary N) is 1. The van der Waals surface area contributed by atoms with E-state index in [0.29, 0.717) is 36.1 Å². The van der Waals surface area contributed by atoms with Crippen molar-refractivity contribution in [3.8, 4) is 0 Å². The molecule has 1 fully saturated rings. The van der Waals surface area contributed by atoms with Crippen LogP contribution in [0.1, 0.15) is 50.4 Å². The molecule has 3 heterocycles. The summed E-state index contributed by atoms with van der Waals surface area (Å²) in [6.07, 6.45) is 16.5. The van der Waals surface area contributed by atoms with E-state index in [-0.39, 0.29) is 11.8 Å². The van der Waals surface area contributed by atoms with E-state index in [4.69, 9.17) is 11.1 Å². The van der Waals surface area contributed by atoms with E-state index in [1.54, 1.807) is 52.7 Å². The normalized spacial score (nSPS) is 17.3. The zero-order chi connectivity index (χ0) is 25.2. The fourth-order valence-corrected chi connectivity index (χ4v) is 3.88. The average Bonchev–Trinajstić information content (AvgIpc) is 3.61. The molecular weight excluding hydrogens is 442 g/mol. The Labute approximate surface area is 206 Å². The molecule has 1 saturated heterocycles. The summed E-state index contributed by atoms with van der Waals surface area (Å²) in [6, 6.07) is 2.13. The first-order valence-corrected chi connectivity index (χ1v) is 12.0. The number of aliphatic imine (C=N–C) groups is 2. The minimum Gasteiger partial charge on any atom is -0.404 e. The second-order valence-corrected chi connectivity index (χ2v) is 8.44. The Morgan fingerprint density at radius 1 is 1.29 bits per heavy atom. The van der Waals surface area contributed by atoms with Crippen LogP contribution in [0.3, 0.4) is 0 Å². The maximum Gasteiger partial charge on any atom is 0.230 e. The molecule has 0 radical (unpaired) electrons. The third-order valence-electron chi connectivity index (χ3n) is 6.09. The van der Waals surface area contributed by atoms with Crippen LogP contribution >= 0.6 is 0 Å². The molecule has 2 aromatic rings. The standard InChI is InChI=1S/C25H35N9O/c1-4-22(5-2)34-18-21(17-31-34)24(27)23-6-9-30-33(23)13-7-19(14-26)15-28-10-11-29-16-20-8-12-32(3)25(20)35/h6-7,9,13-18,20,22,27H,4-5,8,10-12,26H2,1-3H3. The van der Waals surface area contributed by atoms with Gasteiger partial charge in [0.1, 0.15) is 0 Å². The maximum atomic E-state index is 11.9. The van der Waals surface area contributed by atoms with Crippen molar-refractivity contribution in [2.45, 2.75) is 39.2 Å². The van der Waals surface area contributed by atoms with E-state index >= 15 is 0 Å². The molecule has 2 aromatic heterocycles. The van der Waals surface area contributed by atoms with Gasteiger partial charge in [-0.3, -0.25) is 24.9 Å². The number of nitrogens with zero attached hydrogens (tertiary/aromatic N) is 7. The van der Waals surface area contributed by atoms with Crippen molar-refractivity contribution in [1.29, 1.82) is 5.41 Å². The molecule has 1 amide bonds. The highest BCUT2D eigenvalue weighted by Crippen LogP contribution is 2.17. The molecule has 10 heteroatoms. The molecule has 1 unspecified atom stereocenters. The van der Waals surface area contributed by atoms with Crippen LogP contribution in [-0.2, 0) is 4.79 Å². The van der Waals surface area contributed by atoms with Crippen molar-refractivity contribution in [2.24, 2.45) is 21.6 Å². The number of carbonyl (C=O) groups is 1. The molecule has 10 nitrogen and oxygen atoms in total. The van der Waals surface area contributed by atoms with Gasteiger partial charge >= 0.3 is 0 Å². The zero-order valence-corrected chi connectivity index (χ0v) is 20.7. The van der Waals surface area contributed by atoms with Crippen molar-refractivity contribution >= 4 is 30.2 Å². The van der Waals surface area contributed by atoms with Gasteiger partial charge in [0.05, 0.1) is 48.8 Å². The van der Waals surface area contributed by atoms with Crippen molar-refractivity contribution in [3.63, 3.8) is 0 Å². The monoisotopic (exact) mass is 477 g/mol. The molecule has 1 atom stereocenters. The minimum atomic E-state index is -0.109. The lowest BCUT2D eigenvalue weighted by molar-refractivity contribution is -0.128. The third-order valence-corrected chi connectivity index (χ3v) is 6.09. The molecule has 1 aliphatic rings. The average molecular weight is 478 g/mol. The second kappa shape index (κ2) is 12.6.